The van der Waals surface area contributed by atoms with Gasteiger partial charge in [0.1, 0.15) is 5.75 Å². The highest BCUT2D eigenvalue weighted by atomic mass is 16.5. The van der Waals surface area contributed by atoms with Gasteiger partial charge in [-0.15, -0.1) is 0 Å². The molecule has 5 rings (SSSR count). The Labute approximate surface area is 202 Å². The zero-order valence-corrected chi connectivity index (χ0v) is 19.7. The van der Waals surface area contributed by atoms with Gasteiger partial charge in [-0.05, 0) is 73.9 Å². The SMILES string of the molecule is Cc1cc(OC(=O)[C@H]2CC(=O)N(c3cccc(C)c3C)C2)ccc1N1C(=O)c2ccccc2C1=O. The number of amides is 3. The van der Waals surface area contributed by atoms with Crippen molar-refractivity contribution in [1.29, 1.82) is 0 Å². The van der Waals surface area contributed by atoms with E-state index >= 15 is 0 Å². The third-order valence-corrected chi connectivity index (χ3v) is 6.75. The molecule has 176 valence electrons. The normalized spacial score (nSPS) is 17.2. The van der Waals surface area contributed by atoms with Gasteiger partial charge in [-0.1, -0.05) is 24.3 Å². The molecule has 3 amide bonds. The summed E-state index contributed by atoms with van der Waals surface area (Å²) < 4.78 is 5.59. The van der Waals surface area contributed by atoms with E-state index in [0.29, 0.717) is 28.1 Å². The molecule has 0 radical (unpaired) electrons. The van der Waals surface area contributed by atoms with E-state index in [4.69, 9.17) is 4.74 Å². The fourth-order valence-electron chi connectivity index (χ4n) is 4.68. The van der Waals surface area contributed by atoms with Crippen LogP contribution in [-0.2, 0) is 9.59 Å². The molecule has 2 aliphatic heterocycles. The summed E-state index contributed by atoms with van der Waals surface area (Å²) in [5.41, 5.74) is 4.69. The molecule has 2 aliphatic rings. The van der Waals surface area contributed by atoms with Crippen LogP contribution in [0.15, 0.2) is 60.7 Å². The van der Waals surface area contributed by atoms with Crippen LogP contribution < -0.4 is 14.5 Å². The number of anilines is 2. The van der Waals surface area contributed by atoms with Gasteiger partial charge in [-0.25, -0.2) is 4.90 Å². The van der Waals surface area contributed by atoms with Crippen LogP contribution in [0.1, 0.15) is 43.8 Å². The van der Waals surface area contributed by atoms with Crippen LogP contribution in [0.25, 0.3) is 0 Å². The van der Waals surface area contributed by atoms with Crippen molar-refractivity contribution < 1.29 is 23.9 Å². The Bertz CT molecular complexity index is 1380. The minimum atomic E-state index is -0.585. The number of carbonyl (C=O) groups excluding carboxylic acids is 4. The summed E-state index contributed by atoms with van der Waals surface area (Å²) in [5, 5.41) is 0. The highest BCUT2D eigenvalue weighted by molar-refractivity contribution is 6.34. The van der Waals surface area contributed by atoms with Gasteiger partial charge in [0.25, 0.3) is 11.8 Å². The second kappa shape index (κ2) is 8.51. The van der Waals surface area contributed by atoms with Crippen molar-refractivity contribution in [2.24, 2.45) is 5.92 Å². The second-order valence-electron chi connectivity index (χ2n) is 8.99. The molecule has 35 heavy (non-hydrogen) atoms. The number of rotatable bonds is 4. The average molecular weight is 469 g/mol. The quantitative estimate of drug-likeness (QED) is 0.323. The van der Waals surface area contributed by atoms with E-state index in [1.807, 2.05) is 32.0 Å². The number of aryl methyl sites for hydroxylation is 2. The van der Waals surface area contributed by atoms with Gasteiger partial charge in [-0.3, -0.25) is 19.2 Å². The second-order valence-corrected chi connectivity index (χ2v) is 8.99. The average Bonchev–Trinajstić information content (AvgIpc) is 3.34. The number of nitrogens with zero attached hydrogens (tertiary/aromatic N) is 2. The molecule has 2 heterocycles. The number of esters is 1. The Morgan fingerprint density at radius 1 is 0.829 bits per heavy atom. The first-order valence-electron chi connectivity index (χ1n) is 11.4. The maximum absolute atomic E-state index is 12.9. The molecule has 1 atom stereocenters. The molecule has 0 bridgehead atoms. The molecular formula is C28H24N2O5. The summed E-state index contributed by atoms with van der Waals surface area (Å²) in [6, 6.07) is 17.2. The first-order valence-corrected chi connectivity index (χ1v) is 11.4. The number of carbonyl (C=O) groups is 4. The Kier molecular flexibility index (Phi) is 5.47. The van der Waals surface area contributed by atoms with Gasteiger partial charge in [-0.2, -0.15) is 0 Å². The fraction of sp³-hybridized carbons (Fsp3) is 0.214. The molecule has 0 N–H and O–H groups in total. The molecular weight excluding hydrogens is 444 g/mol. The number of ether oxygens (including phenoxy) is 1. The van der Waals surface area contributed by atoms with E-state index in [1.54, 1.807) is 54.3 Å². The summed E-state index contributed by atoms with van der Waals surface area (Å²) >= 11 is 0. The van der Waals surface area contributed by atoms with E-state index in [0.717, 1.165) is 21.7 Å². The number of imide groups is 1. The number of benzene rings is 3. The molecule has 3 aromatic rings. The minimum absolute atomic E-state index is 0.0817. The highest BCUT2D eigenvalue weighted by Crippen LogP contribution is 2.34. The van der Waals surface area contributed by atoms with Crippen molar-refractivity contribution in [3.63, 3.8) is 0 Å². The lowest BCUT2D eigenvalue weighted by molar-refractivity contribution is -0.139. The van der Waals surface area contributed by atoms with Gasteiger partial charge in [0.2, 0.25) is 5.91 Å². The number of fused-ring (bicyclic) bond motifs is 1. The van der Waals surface area contributed by atoms with Crippen LogP contribution in [0.3, 0.4) is 0 Å². The van der Waals surface area contributed by atoms with Crippen LogP contribution >= 0.6 is 0 Å². The van der Waals surface area contributed by atoms with Gasteiger partial charge in [0.15, 0.2) is 0 Å². The van der Waals surface area contributed by atoms with Crippen molar-refractivity contribution in [3.05, 3.63) is 88.5 Å². The van der Waals surface area contributed by atoms with Gasteiger partial charge >= 0.3 is 5.97 Å². The lowest BCUT2D eigenvalue weighted by Crippen LogP contribution is -2.30. The Morgan fingerprint density at radius 3 is 2.17 bits per heavy atom. The predicted molar refractivity (Wildman–Crippen MR) is 131 cm³/mol. The minimum Gasteiger partial charge on any atom is -0.426 e. The van der Waals surface area contributed by atoms with Crippen LogP contribution in [-0.4, -0.2) is 30.2 Å². The summed E-state index contributed by atoms with van der Waals surface area (Å²) in [7, 11) is 0. The maximum Gasteiger partial charge on any atom is 0.316 e. The standard InChI is InChI=1S/C28H24N2O5/c1-16-7-6-10-24(18(16)3)29-15-19(14-25(29)31)28(34)35-20-11-12-23(17(2)13-20)30-26(32)21-8-4-5-9-22(21)27(30)33/h4-13,19H,14-15H2,1-3H3/t19-/m0/s1. The molecule has 0 saturated carbocycles. The maximum atomic E-state index is 12.9. The molecule has 0 unspecified atom stereocenters. The summed E-state index contributed by atoms with van der Waals surface area (Å²) in [6.45, 7) is 5.95. The molecule has 0 aliphatic carbocycles. The molecule has 0 aromatic heterocycles. The van der Waals surface area contributed by atoms with Gasteiger partial charge in [0, 0.05) is 18.7 Å². The van der Waals surface area contributed by atoms with Crippen molar-refractivity contribution in [2.75, 3.05) is 16.3 Å². The molecule has 1 saturated heterocycles. The zero-order valence-electron chi connectivity index (χ0n) is 19.7. The summed E-state index contributed by atoms with van der Waals surface area (Å²) in [5.74, 6) is -1.65. The van der Waals surface area contributed by atoms with Crippen LogP contribution in [0.4, 0.5) is 11.4 Å². The molecule has 0 spiro atoms. The first-order chi connectivity index (χ1) is 16.8. The van der Waals surface area contributed by atoms with Crippen LogP contribution in [0.5, 0.6) is 5.75 Å². The van der Waals surface area contributed by atoms with E-state index in [2.05, 4.69) is 0 Å². The van der Waals surface area contributed by atoms with E-state index in [1.165, 1.54) is 0 Å². The summed E-state index contributed by atoms with van der Waals surface area (Å²) in [6.07, 6.45) is 0.0817. The topological polar surface area (TPSA) is 84.0 Å². The molecule has 1 fully saturated rings. The Balaban J connectivity index is 1.31. The predicted octanol–water partition coefficient (Wildman–Crippen LogP) is 4.37. The van der Waals surface area contributed by atoms with Crippen LogP contribution in [0.2, 0.25) is 0 Å². The summed E-state index contributed by atoms with van der Waals surface area (Å²) in [4.78, 5) is 53.9. The smallest absolute Gasteiger partial charge is 0.316 e. The van der Waals surface area contributed by atoms with Gasteiger partial charge < -0.3 is 9.64 Å². The molecule has 7 heteroatoms. The van der Waals surface area contributed by atoms with Crippen molar-refractivity contribution in [1.82, 2.24) is 0 Å². The lowest BCUT2D eigenvalue weighted by Gasteiger charge is -2.20. The van der Waals surface area contributed by atoms with Crippen molar-refractivity contribution in [3.8, 4) is 5.75 Å². The lowest BCUT2D eigenvalue weighted by atomic mass is 10.1. The zero-order chi connectivity index (χ0) is 24.9. The molecule has 3 aromatic carbocycles. The van der Waals surface area contributed by atoms with Crippen molar-refractivity contribution >= 4 is 35.1 Å². The Hall–Kier alpha value is -4.26. The van der Waals surface area contributed by atoms with Gasteiger partial charge in [0.05, 0.1) is 22.7 Å². The number of hydrogen-bond donors (Lipinski definition) is 0. The third kappa shape index (κ3) is 3.79. The van der Waals surface area contributed by atoms with Crippen molar-refractivity contribution in [2.45, 2.75) is 27.2 Å². The van der Waals surface area contributed by atoms with E-state index in [-0.39, 0.29) is 30.7 Å². The first kappa shape index (κ1) is 22.5. The third-order valence-electron chi connectivity index (χ3n) is 6.75. The van der Waals surface area contributed by atoms with Crippen LogP contribution in [0, 0.1) is 26.7 Å². The van der Waals surface area contributed by atoms with E-state index < -0.39 is 11.9 Å². The number of hydrogen-bond acceptors (Lipinski definition) is 5. The molecule has 7 nitrogen and oxygen atoms in total. The van der Waals surface area contributed by atoms with E-state index in [9.17, 15) is 19.2 Å². The fourth-order valence-corrected chi connectivity index (χ4v) is 4.68. The Morgan fingerprint density at radius 2 is 1.51 bits per heavy atom. The monoisotopic (exact) mass is 468 g/mol. The largest absolute Gasteiger partial charge is 0.426 e. The highest BCUT2D eigenvalue weighted by Gasteiger charge is 2.38.